The Kier molecular flexibility index (Phi) is 4.95. The average molecular weight is 258 g/mol. The third-order valence-corrected chi connectivity index (χ3v) is 3.02. The molecule has 104 valence electrons. The maximum Gasteiger partial charge on any atom is 0.326 e. The summed E-state index contributed by atoms with van der Waals surface area (Å²) in [7, 11) is 0. The minimum atomic E-state index is -1.07. The van der Waals surface area contributed by atoms with Gasteiger partial charge in [-0.3, -0.25) is 0 Å². The van der Waals surface area contributed by atoms with Gasteiger partial charge in [0, 0.05) is 19.0 Å². The van der Waals surface area contributed by atoms with Gasteiger partial charge in [-0.15, -0.1) is 0 Å². The first kappa shape index (κ1) is 14.8. The van der Waals surface area contributed by atoms with Crippen LogP contribution < -0.4 is 5.32 Å². The van der Waals surface area contributed by atoms with Crippen molar-refractivity contribution in [3.63, 3.8) is 0 Å². The van der Waals surface area contributed by atoms with E-state index in [0.717, 1.165) is 6.42 Å². The zero-order valence-corrected chi connectivity index (χ0v) is 11.1. The molecule has 2 amide bonds. The fourth-order valence-corrected chi connectivity index (χ4v) is 2.33. The molecule has 3 atom stereocenters. The van der Waals surface area contributed by atoms with Crippen LogP contribution in [0.25, 0.3) is 0 Å². The number of nitrogens with one attached hydrogen (secondary N) is 1. The maximum absolute atomic E-state index is 11.9. The summed E-state index contributed by atoms with van der Waals surface area (Å²) in [6, 6.07) is -1.34. The highest BCUT2D eigenvalue weighted by molar-refractivity contribution is 5.83. The van der Waals surface area contributed by atoms with Gasteiger partial charge in [0.25, 0.3) is 0 Å². The fourth-order valence-electron chi connectivity index (χ4n) is 2.33. The molecule has 0 saturated carbocycles. The number of amides is 2. The summed E-state index contributed by atoms with van der Waals surface area (Å²) in [5.41, 5.74) is 0. The van der Waals surface area contributed by atoms with Gasteiger partial charge in [0.1, 0.15) is 6.04 Å². The molecule has 0 radical (unpaired) electrons. The number of hydrogen-bond donors (Lipinski definition) is 3. The number of likely N-dealkylation sites (tertiary alicyclic amines) is 1. The van der Waals surface area contributed by atoms with Gasteiger partial charge in [-0.2, -0.15) is 0 Å². The van der Waals surface area contributed by atoms with Gasteiger partial charge < -0.3 is 20.4 Å². The fraction of sp³-hybridized carbons (Fsp3) is 0.833. The first-order chi connectivity index (χ1) is 8.31. The number of rotatable bonds is 4. The molecule has 1 aliphatic heterocycles. The quantitative estimate of drug-likeness (QED) is 0.690. The van der Waals surface area contributed by atoms with Crippen molar-refractivity contribution in [1.82, 2.24) is 10.2 Å². The highest BCUT2D eigenvalue weighted by Crippen LogP contribution is 2.18. The number of urea groups is 1. The van der Waals surface area contributed by atoms with Crippen molar-refractivity contribution in [3.8, 4) is 0 Å². The molecule has 3 N–H and O–H groups in total. The topological polar surface area (TPSA) is 89.9 Å². The van der Waals surface area contributed by atoms with Crippen LogP contribution in [0.2, 0.25) is 0 Å². The molecule has 6 heteroatoms. The Balaban J connectivity index is 2.57. The van der Waals surface area contributed by atoms with Crippen LogP contribution in [0.1, 0.15) is 33.6 Å². The second-order valence-electron chi connectivity index (χ2n) is 5.38. The summed E-state index contributed by atoms with van der Waals surface area (Å²) in [6.07, 6.45) is 0.179. The van der Waals surface area contributed by atoms with Crippen LogP contribution in [-0.4, -0.2) is 51.8 Å². The molecule has 0 aromatic heterocycles. The summed E-state index contributed by atoms with van der Waals surface area (Å²) in [6.45, 7) is 6.09. The lowest BCUT2D eigenvalue weighted by molar-refractivity contribution is -0.141. The van der Waals surface area contributed by atoms with Crippen LogP contribution in [-0.2, 0) is 4.79 Å². The minimum Gasteiger partial charge on any atom is -0.480 e. The van der Waals surface area contributed by atoms with Gasteiger partial charge in [0.05, 0.1) is 6.10 Å². The van der Waals surface area contributed by atoms with E-state index in [1.165, 1.54) is 4.90 Å². The van der Waals surface area contributed by atoms with Gasteiger partial charge in [0.2, 0.25) is 0 Å². The molecule has 6 nitrogen and oxygen atoms in total. The zero-order valence-electron chi connectivity index (χ0n) is 11.1. The lowest BCUT2D eigenvalue weighted by atomic mass is 10.1. The number of hydrogen-bond acceptors (Lipinski definition) is 3. The summed E-state index contributed by atoms with van der Waals surface area (Å²) in [5.74, 6) is -0.613. The Morgan fingerprint density at radius 2 is 2.00 bits per heavy atom. The van der Waals surface area contributed by atoms with Gasteiger partial charge >= 0.3 is 12.0 Å². The Labute approximate surface area is 107 Å². The van der Waals surface area contributed by atoms with E-state index in [1.807, 2.05) is 6.92 Å². The van der Waals surface area contributed by atoms with E-state index in [-0.39, 0.29) is 19.0 Å². The number of nitrogens with zero attached hydrogens (tertiary/aromatic N) is 1. The van der Waals surface area contributed by atoms with Crippen molar-refractivity contribution < 1.29 is 19.8 Å². The smallest absolute Gasteiger partial charge is 0.326 e. The molecule has 1 fully saturated rings. The first-order valence-corrected chi connectivity index (χ1v) is 6.29. The molecule has 0 spiro atoms. The van der Waals surface area contributed by atoms with Crippen LogP contribution in [0, 0.1) is 5.92 Å². The standard InChI is InChI=1S/C12H22N2O4/c1-7(2)4-8(3)13-12(18)14-6-9(15)5-10(14)11(16)17/h7-10,15H,4-6H2,1-3H3,(H,13,18)(H,16,17)/t8?,9-,10-/m1/s1. The molecule has 1 aliphatic rings. The Morgan fingerprint density at radius 1 is 1.39 bits per heavy atom. The monoisotopic (exact) mass is 258 g/mol. The van der Waals surface area contributed by atoms with E-state index < -0.39 is 24.1 Å². The average Bonchev–Trinajstić information content (AvgIpc) is 2.58. The lowest BCUT2D eigenvalue weighted by Gasteiger charge is -2.24. The molecule has 18 heavy (non-hydrogen) atoms. The summed E-state index contributed by atoms with van der Waals surface area (Å²) < 4.78 is 0. The Hall–Kier alpha value is -1.30. The number of carbonyl (C=O) groups excluding carboxylic acids is 1. The van der Waals surface area contributed by atoms with Gasteiger partial charge in [-0.25, -0.2) is 9.59 Å². The van der Waals surface area contributed by atoms with Crippen molar-refractivity contribution in [2.24, 2.45) is 5.92 Å². The number of aliphatic hydroxyl groups excluding tert-OH is 1. The van der Waals surface area contributed by atoms with Gasteiger partial charge in [-0.1, -0.05) is 13.8 Å². The number of carboxylic acid groups (broad SMARTS) is 1. The van der Waals surface area contributed by atoms with Crippen molar-refractivity contribution >= 4 is 12.0 Å². The SMILES string of the molecule is CC(C)CC(C)NC(=O)N1C[C@H](O)C[C@@H]1C(=O)O. The van der Waals surface area contributed by atoms with E-state index >= 15 is 0 Å². The summed E-state index contributed by atoms with van der Waals surface area (Å²) in [5, 5.41) is 21.2. The lowest BCUT2D eigenvalue weighted by Crippen LogP contribution is -2.48. The minimum absolute atomic E-state index is 0.00955. The van der Waals surface area contributed by atoms with Crippen LogP contribution in [0.5, 0.6) is 0 Å². The molecular formula is C12H22N2O4. The second kappa shape index (κ2) is 6.04. The molecule has 0 bridgehead atoms. The third-order valence-electron chi connectivity index (χ3n) is 3.02. The van der Waals surface area contributed by atoms with Gasteiger partial charge in [0.15, 0.2) is 0 Å². The normalized spacial score (nSPS) is 25.3. The Bertz CT molecular complexity index is 319. The molecule has 0 aromatic rings. The third kappa shape index (κ3) is 3.87. The van der Waals surface area contributed by atoms with E-state index in [0.29, 0.717) is 5.92 Å². The van der Waals surface area contributed by atoms with Crippen molar-refractivity contribution in [3.05, 3.63) is 0 Å². The zero-order chi connectivity index (χ0) is 13.9. The molecule has 1 heterocycles. The summed E-state index contributed by atoms with van der Waals surface area (Å²) >= 11 is 0. The van der Waals surface area contributed by atoms with Crippen molar-refractivity contribution in [1.29, 1.82) is 0 Å². The number of aliphatic carboxylic acids is 1. The number of carboxylic acids is 1. The van der Waals surface area contributed by atoms with E-state index in [4.69, 9.17) is 5.11 Å². The largest absolute Gasteiger partial charge is 0.480 e. The molecule has 1 saturated heterocycles. The molecule has 1 rings (SSSR count). The van der Waals surface area contributed by atoms with Crippen LogP contribution in [0.15, 0.2) is 0 Å². The maximum atomic E-state index is 11.9. The first-order valence-electron chi connectivity index (χ1n) is 6.29. The van der Waals surface area contributed by atoms with E-state index in [2.05, 4.69) is 19.2 Å². The molecule has 0 aromatic carbocycles. The van der Waals surface area contributed by atoms with Crippen LogP contribution in [0.4, 0.5) is 4.79 Å². The number of carbonyl (C=O) groups is 2. The van der Waals surface area contributed by atoms with Gasteiger partial charge in [-0.05, 0) is 19.3 Å². The highest BCUT2D eigenvalue weighted by atomic mass is 16.4. The second-order valence-corrected chi connectivity index (χ2v) is 5.38. The van der Waals surface area contributed by atoms with Crippen LogP contribution in [0.3, 0.4) is 0 Å². The predicted molar refractivity (Wildman–Crippen MR) is 66.2 cm³/mol. The number of aliphatic hydroxyl groups is 1. The number of β-amino-alcohol motifs (C(OH)–C–C–N with tert-alkyl or cyclic N) is 1. The van der Waals surface area contributed by atoms with Crippen molar-refractivity contribution in [2.75, 3.05) is 6.54 Å². The molecule has 1 unspecified atom stereocenters. The molecule has 0 aliphatic carbocycles. The van der Waals surface area contributed by atoms with E-state index in [1.54, 1.807) is 0 Å². The summed E-state index contributed by atoms with van der Waals surface area (Å²) in [4.78, 5) is 24.1. The Morgan fingerprint density at radius 3 is 2.50 bits per heavy atom. The van der Waals surface area contributed by atoms with E-state index in [9.17, 15) is 14.7 Å². The highest BCUT2D eigenvalue weighted by Gasteiger charge is 2.39. The molecular weight excluding hydrogens is 236 g/mol. The van der Waals surface area contributed by atoms with Crippen LogP contribution >= 0.6 is 0 Å². The van der Waals surface area contributed by atoms with Crippen molar-refractivity contribution in [2.45, 2.75) is 51.8 Å². The predicted octanol–water partition coefficient (Wildman–Crippen LogP) is 0.650.